The molecule has 0 aromatic carbocycles. The summed E-state index contributed by atoms with van der Waals surface area (Å²) in [5.41, 5.74) is 0. The molecule has 0 aromatic rings. The standard InChI is InChI=1S/CH2O3.Cu.H3N.H2N/c2-1(3)4;;;/h(H2,2,3,4);;1H3;1H2/q;+1;;-1. The van der Waals surface area contributed by atoms with E-state index in [9.17, 15) is 0 Å². The summed E-state index contributed by atoms with van der Waals surface area (Å²) in [6, 6.07) is 0. The fourth-order valence-electron chi connectivity index (χ4n) is 0. The molecule has 0 atom stereocenters. The van der Waals surface area contributed by atoms with Gasteiger partial charge < -0.3 is 22.5 Å². The van der Waals surface area contributed by atoms with Gasteiger partial charge in [-0.1, -0.05) is 0 Å². The first-order valence-electron chi connectivity index (χ1n) is 0.651. The molecule has 0 aliphatic carbocycles. The van der Waals surface area contributed by atoms with Gasteiger partial charge in [0.05, 0.1) is 0 Å². The van der Waals surface area contributed by atoms with Crippen molar-refractivity contribution in [3.8, 4) is 0 Å². The van der Waals surface area contributed by atoms with Crippen LogP contribution in [0.4, 0.5) is 4.79 Å². The van der Waals surface area contributed by atoms with Crippen LogP contribution in [0.15, 0.2) is 0 Å². The Morgan fingerprint density at radius 3 is 1.29 bits per heavy atom. The van der Waals surface area contributed by atoms with Crippen LogP contribution in [0.2, 0.25) is 0 Å². The molecule has 0 aliphatic heterocycles. The quantitative estimate of drug-likeness (QED) is 0.456. The van der Waals surface area contributed by atoms with E-state index in [0.29, 0.717) is 0 Å². The molecular weight excluding hydrogens is 152 g/mol. The first-order valence-corrected chi connectivity index (χ1v) is 0.651. The number of rotatable bonds is 0. The third-order valence-corrected chi connectivity index (χ3v) is 0. The van der Waals surface area contributed by atoms with Crippen LogP contribution in [0.3, 0.4) is 0 Å². The number of nitrogens with two attached hydrogens (primary N) is 1. The second-order valence-corrected chi connectivity index (χ2v) is 0.283. The van der Waals surface area contributed by atoms with Crippen LogP contribution in [0, 0.1) is 0 Å². The average molecular weight is 159 g/mol. The minimum Gasteiger partial charge on any atom is -0.693 e. The van der Waals surface area contributed by atoms with Gasteiger partial charge in [0.1, 0.15) is 0 Å². The Balaban J connectivity index is -0.0000000150. The largest absolute Gasteiger partial charge is 1.00 e. The van der Waals surface area contributed by atoms with Gasteiger partial charge in [0.25, 0.3) is 0 Å². The summed E-state index contributed by atoms with van der Waals surface area (Å²) in [4.78, 5) is 8.56. The SMILES string of the molecule is N.O=C(O)O.[Cu+].[NH2-]. The third kappa shape index (κ3) is 931. The summed E-state index contributed by atoms with van der Waals surface area (Å²) in [6.07, 6.45) is -1.83. The molecule has 0 heterocycles. The second-order valence-electron chi connectivity index (χ2n) is 0.283. The maximum atomic E-state index is 8.56. The smallest absolute Gasteiger partial charge is 0.693 e. The van der Waals surface area contributed by atoms with Crippen molar-refractivity contribution in [2.24, 2.45) is 0 Å². The van der Waals surface area contributed by atoms with Gasteiger partial charge in [-0.3, -0.25) is 0 Å². The van der Waals surface area contributed by atoms with Crippen molar-refractivity contribution in [3.05, 3.63) is 6.15 Å². The maximum absolute atomic E-state index is 8.56. The van der Waals surface area contributed by atoms with Crippen LogP contribution in [0.25, 0.3) is 6.15 Å². The zero-order chi connectivity index (χ0) is 3.58. The van der Waals surface area contributed by atoms with E-state index in [4.69, 9.17) is 15.0 Å². The van der Waals surface area contributed by atoms with E-state index in [2.05, 4.69) is 0 Å². The first kappa shape index (κ1) is 29.8. The van der Waals surface area contributed by atoms with Crippen LogP contribution in [0.5, 0.6) is 0 Å². The van der Waals surface area contributed by atoms with Crippen molar-refractivity contribution in [2.75, 3.05) is 0 Å². The van der Waals surface area contributed by atoms with Crippen LogP contribution in [-0.4, -0.2) is 16.4 Å². The van der Waals surface area contributed by atoms with Gasteiger partial charge in [0.2, 0.25) is 0 Å². The van der Waals surface area contributed by atoms with Crippen molar-refractivity contribution in [1.29, 1.82) is 0 Å². The minimum absolute atomic E-state index is 0. The summed E-state index contributed by atoms with van der Waals surface area (Å²) in [5, 5.41) is 13.9. The number of hydrogen-bond donors (Lipinski definition) is 3. The summed E-state index contributed by atoms with van der Waals surface area (Å²) < 4.78 is 0. The molecule has 0 radical (unpaired) electrons. The Kier molecular flexibility index (Phi) is 73.4. The molecule has 0 aromatic heterocycles. The molecule has 0 spiro atoms. The van der Waals surface area contributed by atoms with Gasteiger partial charge in [-0.25, -0.2) is 4.79 Å². The Labute approximate surface area is 51.4 Å². The number of hydrogen-bond acceptors (Lipinski definition) is 2. The molecule has 7 heavy (non-hydrogen) atoms. The van der Waals surface area contributed by atoms with Gasteiger partial charge >= 0.3 is 23.2 Å². The van der Waals surface area contributed by atoms with E-state index < -0.39 is 6.16 Å². The van der Waals surface area contributed by atoms with Gasteiger partial charge in [-0.05, 0) is 0 Å². The maximum Gasteiger partial charge on any atom is 1.00 e. The monoisotopic (exact) mass is 158 g/mol. The Hall–Kier alpha value is -0.291. The van der Waals surface area contributed by atoms with Crippen molar-refractivity contribution >= 4 is 6.16 Å². The fraction of sp³-hybridized carbons (Fsp3) is 0. The summed E-state index contributed by atoms with van der Waals surface area (Å²) in [7, 11) is 0. The molecule has 0 amide bonds. The molecular formula is CH7CuN2O3. The molecule has 0 fully saturated rings. The predicted octanol–water partition coefficient (Wildman–Crippen LogP) is 1.10. The van der Waals surface area contributed by atoms with Crippen LogP contribution < -0.4 is 6.15 Å². The van der Waals surface area contributed by atoms with E-state index in [1.165, 1.54) is 0 Å². The molecule has 5 nitrogen and oxygen atoms in total. The molecule has 0 aliphatic rings. The summed E-state index contributed by atoms with van der Waals surface area (Å²) in [5.74, 6) is 0. The van der Waals surface area contributed by atoms with Gasteiger partial charge in [-0.2, -0.15) is 0 Å². The Bertz CT molecular complexity index is 35.9. The molecule has 0 bridgehead atoms. The fourth-order valence-corrected chi connectivity index (χ4v) is 0. The molecule has 0 saturated carbocycles. The van der Waals surface area contributed by atoms with Crippen LogP contribution >= 0.6 is 0 Å². The zero-order valence-corrected chi connectivity index (χ0v) is 4.33. The average Bonchev–Trinajstić information content (AvgIpc) is 0.811. The normalized spacial score (nSPS) is 3.43. The number of carbonyl (C=O) groups is 1. The Morgan fingerprint density at radius 1 is 1.29 bits per heavy atom. The van der Waals surface area contributed by atoms with Gasteiger partial charge in [0, 0.05) is 0 Å². The van der Waals surface area contributed by atoms with E-state index in [1.54, 1.807) is 0 Å². The van der Waals surface area contributed by atoms with Gasteiger partial charge in [0.15, 0.2) is 0 Å². The van der Waals surface area contributed by atoms with E-state index in [0.717, 1.165) is 0 Å². The summed E-state index contributed by atoms with van der Waals surface area (Å²) >= 11 is 0. The molecule has 50 valence electrons. The second kappa shape index (κ2) is 17.2. The van der Waals surface area contributed by atoms with E-state index in [1.807, 2.05) is 0 Å². The Morgan fingerprint density at radius 2 is 1.29 bits per heavy atom. The number of carboxylic acid groups (broad SMARTS) is 2. The molecule has 0 unspecified atom stereocenters. The van der Waals surface area contributed by atoms with Gasteiger partial charge in [-0.15, -0.1) is 0 Å². The molecule has 0 saturated heterocycles. The van der Waals surface area contributed by atoms with E-state index >= 15 is 0 Å². The van der Waals surface area contributed by atoms with Crippen molar-refractivity contribution in [2.45, 2.75) is 0 Å². The first-order chi connectivity index (χ1) is 1.73. The summed E-state index contributed by atoms with van der Waals surface area (Å²) in [6.45, 7) is 0. The van der Waals surface area contributed by atoms with Crippen molar-refractivity contribution < 1.29 is 32.1 Å². The van der Waals surface area contributed by atoms with Crippen LogP contribution in [0.1, 0.15) is 0 Å². The van der Waals surface area contributed by atoms with Crippen molar-refractivity contribution in [3.63, 3.8) is 0 Å². The zero-order valence-electron chi connectivity index (χ0n) is 3.39. The molecule has 7 N–H and O–H groups in total. The third-order valence-electron chi connectivity index (χ3n) is 0. The molecule has 0 rings (SSSR count). The minimum atomic E-state index is -1.83. The predicted molar refractivity (Wildman–Crippen MR) is 21.0 cm³/mol. The topological polar surface area (TPSA) is 126 Å². The van der Waals surface area contributed by atoms with Crippen molar-refractivity contribution in [1.82, 2.24) is 6.15 Å². The van der Waals surface area contributed by atoms with E-state index in [-0.39, 0.29) is 29.4 Å². The van der Waals surface area contributed by atoms with Crippen LogP contribution in [-0.2, 0) is 17.1 Å². The molecule has 6 heteroatoms.